The largest absolute Gasteiger partial charge is 0.490 e. The van der Waals surface area contributed by atoms with E-state index in [2.05, 4.69) is 4.98 Å². The minimum atomic E-state index is -3.94. The number of hydrogen-bond donors (Lipinski definition) is 5. The number of nitrogens with zero attached hydrogens (tertiary/aromatic N) is 2. The Hall–Kier alpha value is -3.02. The van der Waals surface area contributed by atoms with Crippen LogP contribution in [0.4, 0.5) is 0 Å². The predicted molar refractivity (Wildman–Crippen MR) is 210 cm³/mol. The SMILES string of the molecule is COCCN(CCCCCCC(=O)C[C@@H](CO)[C@@H](O)[C@H](O)[C@H](O)CO)S(=O)(=O)c1ccc(Cl)c(COC2(c3cnccc3-c3ccccc3OC3CC3)CC2)c1. The summed E-state index contributed by atoms with van der Waals surface area (Å²) in [6, 6.07) is 14.6. The molecule has 0 aliphatic heterocycles. The number of aliphatic hydroxyl groups excluding tert-OH is 5. The van der Waals surface area contributed by atoms with Gasteiger partial charge in [0.15, 0.2) is 0 Å². The highest BCUT2D eigenvalue weighted by atomic mass is 35.5. The van der Waals surface area contributed by atoms with Crippen molar-refractivity contribution in [3.05, 3.63) is 77.1 Å². The lowest BCUT2D eigenvalue weighted by Crippen LogP contribution is -2.45. The summed E-state index contributed by atoms with van der Waals surface area (Å²) in [6.07, 6.45) is 4.94. The number of benzene rings is 2. The molecule has 2 aliphatic carbocycles. The van der Waals surface area contributed by atoms with Gasteiger partial charge in [-0.25, -0.2) is 8.42 Å². The van der Waals surface area contributed by atoms with Crippen LogP contribution in [-0.2, 0) is 36.5 Å². The van der Waals surface area contributed by atoms with Gasteiger partial charge in [0.1, 0.15) is 23.7 Å². The number of unbranched alkanes of at least 4 members (excludes halogenated alkanes) is 3. The molecule has 2 saturated carbocycles. The molecule has 2 aliphatic rings. The summed E-state index contributed by atoms with van der Waals surface area (Å²) in [5, 5.41) is 48.8. The van der Waals surface area contributed by atoms with E-state index >= 15 is 0 Å². The molecule has 15 heteroatoms. The topological polar surface area (TPSA) is 196 Å². The van der Waals surface area contributed by atoms with Crippen LogP contribution in [0.15, 0.2) is 65.8 Å². The number of ketones is 1. The van der Waals surface area contributed by atoms with Crippen LogP contribution < -0.4 is 4.74 Å². The van der Waals surface area contributed by atoms with E-state index in [1.54, 1.807) is 18.3 Å². The number of ether oxygens (including phenoxy) is 3. The molecule has 0 amide bonds. The van der Waals surface area contributed by atoms with Gasteiger partial charge in [-0.2, -0.15) is 4.31 Å². The maximum absolute atomic E-state index is 14.0. The van der Waals surface area contributed by atoms with E-state index in [1.807, 2.05) is 36.5 Å². The number of aromatic nitrogens is 1. The zero-order valence-corrected chi connectivity index (χ0v) is 33.4. The van der Waals surface area contributed by atoms with Crippen molar-refractivity contribution < 1.29 is 53.0 Å². The fourth-order valence-corrected chi connectivity index (χ4v) is 8.44. The molecule has 1 heterocycles. The summed E-state index contributed by atoms with van der Waals surface area (Å²) >= 11 is 6.63. The molecule has 3 aromatic rings. The molecule has 5 rings (SSSR count). The maximum atomic E-state index is 14.0. The first-order valence-electron chi connectivity index (χ1n) is 19.3. The second kappa shape index (κ2) is 20.6. The van der Waals surface area contributed by atoms with E-state index in [0.717, 1.165) is 48.1 Å². The lowest BCUT2D eigenvalue weighted by Gasteiger charge is -2.27. The third-order valence-corrected chi connectivity index (χ3v) is 12.7. The molecule has 0 unspecified atom stereocenters. The molecule has 5 N–H and O–H groups in total. The molecule has 2 fully saturated rings. The van der Waals surface area contributed by atoms with E-state index < -0.39 is 53.1 Å². The Morgan fingerprint density at radius 1 is 0.964 bits per heavy atom. The Morgan fingerprint density at radius 3 is 2.41 bits per heavy atom. The van der Waals surface area contributed by atoms with Crippen LogP contribution in [0.1, 0.15) is 75.3 Å². The molecule has 2 aromatic carbocycles. The van der Waals surface area contributed by atoms with E-state index in [1.165, 1.54) is 17.5 Å². The number of aliphatic hydroxyl groups is 5. The van der Waals surface area contributed by atoms with Gasteiger partial charge in [0.2, 0.25) is 10.0 Å². The molecule has 0 saturated heterocycles. The quantitative estimate of drug-likeness (QED) is 0.0719. The third kappa shape index (κ3) is 11.6. The fourth-order valence-electron chi connectivity index (χ4n) is 6.75. The predicted octanol–water partition coefficient (Wildman–Crippen LogP) is 4.38. The number of para-hydroxylation sites is 1. The van der Waals surface area contributed by atoms with Crippen LogP contribution in [0.5, 0.6) is 5.75 Å². The van der Waals surface area contributed by atoms with Crippen LogP contribution >= 0.6 is 11.6 Å². The summed E-state index contributed by atoms with van der Waals surface area (Å²) < 4.78 is 47.4. The molecular weight excluding hydrogens is 764 g/mol. The summed E-state index contributed by atoms with van der Waals surface area (Å²) in [5.74, 6) is -0.382. The normalized spacial score (nSPS) is 17.4. The summed E-state index contributed by atoms with van der Waals surface area (Å²) in [7, 11) is -2.43. The Morgan fingerprint density at radius 2 is 1.71 bits per heavy atom. The van der Waals surface area contributed by atoms with Crippen LogP contribution in [-0.4, -0.2) is 113 Å². The van der Waals surface area contributed by atoms with E-state index in [9.17, 15) is 33.6 Å². The molecule has 308 valence electrons. The standard InChI is InChI=1S/C41H55ClN2O11S/c1-53-21-20-44(19-7-3-2-4-8-30(47)22-28(25-45)39(49)40(50)37(48)26-46)56(51,52)32-13-14-36(42)29(23-32)27-54-41(16-17-41)35-24-43-18-15-33(35)34-9-5-6-10-38(34)55-31-11-12-31/h5-6,9-10,13-15,18,23-24,28,31,37,39-40,45-46,48-50H,2-4,7-8,11-12,16-17,19-22,25-27H2,1H3/t28-,37+,39+,40+/m0/s1. The lowest BCUT2D eigenvalue weighted by atomic mass is 9.90. The van der Waals surface area contributed by atoms with Crippen molar-refractivity contribution in [3.63, 3.8) is 0 Å². The number of Topliss-reactive ketones (excluding diaryl/α,β-unsaturated/α-hetero) is 1. The maximum Gasteiger partial charge on any atom is 0.243 e. The van der Waals surface area contributed by atoms with Crippen molar-refractivity contribution in [1.29, 1.82) is 0 Å². The highest BCUT2D eigenvalue weighted by molar-refractivity contribution is 7.89. The van der Waals surface area contributed by atoms with Gasteiger partial charge in [0, 0.05) is 74.1 Å². The molecule has 0 bridgehead atoms. The van der Waals surface area contributed by atoms with Gasteiger partial charge in [0.05, 0.1) is 42.5 Å². The second-order valence-electron chi connectivity index (χ2n) is 14.7. The van der Waals surface area contributed by atoms with Crippen molar-refractivity contribution in [2.45, 2.75) is 106 Å². The van der Waals surface area contributed by atoms with Crippen molar-refractivity contribution >= 4 is 27.4 Å². The Labute approximate surface area is 334 Å². The zero-order valence-electron chi connectivity index (χ0n) is 31.8. The van der Waals surface area contributed by atoms with Crippen LogP contribution in [0.3, 0.4) is 0 Å². The average Bonchev–Trinajstić information content (AvgIpc) is 4.16. The summed E-state index contributed by atoms with van der Waals surface area (Å²) in [5.41, 5.74) is 2.86. The fraction of sp³-hybridized carbons (Fsp3) is 0.561. The number of rotatable bonds is 26. The molecule has 4 atom stereocenters. The number of methoxy groups -OCH3 is 1. The van der Waals surface area contributed by atoms with Gasteiger partial charge in [0.25, 0.3) is 0 Å². The molecule has 13 nitrogen and oxygen atoms in total. The average molecular weight is 819 g/mol. The van der Waals surface area contributed by atoms with Gasteiger partial charge >= 0.3 is 0 Å². The monoisotopic (exact) mass is 818 g/mol. The van der Waals surface area contributed by atoms with E-state index in [0.29, 0.717) is 36.3 Å². The van der Waals surface area contributed by atoms with Crippen molar-refractivity contribution in [3.8, 4) is 16.9 Å². The molecule has 56 heavy (non-hydrogen) atoms. The van der Waals surface area contributed by atoms with E-state index in [-0.39, 0.29) is 55.9 Å². The van der Waals surface area contributed by atoms with Gasteiger partial charge in [-0.3, -0.25) is 9.78 Å². The molecule has 0 spiro atoms. The first-order valence-corrected chi connectivity index (χ1v) is 21.2. The van der Waals surface area contributed by atoms with Crippen LogP contribution in [0.2, 0.25) is 5.02 Å². The second-order valence-corrected chi connectivity index (χ2v) is 17.1. The van der Waals surface area contributed by atoms with Crippen LogP contribution in [0, 0.1) is 5.92 Å². The van der Waals surface area contributed by atoms with Gasteiger partial charge < -0.3 is 39.7 Å². The highest BCUT2D eigenvalue weighted by Gasteiger charge is 2.48. The Bertz CT molecular complexity index is 1840. The zero-order chi connectivity index (χ0) is 40.3. The number of halogens is 1. The Balaban J connectivity index is 1.17. The van der Waals surface area contributed by atoms with Crippen molar-refractivity contribution in [2.75, 3.05) is 40.0 Å². The van der Waals surface area contributed by atoms with Gasteiger partial charge in [-0.15, -0.1) is 0 Å². The Kier molecular flexibility index (Phi) is 16.2. The summed E-state index contributed by atoms with van der Waals surface area (Å²) in [4.78, 5) is 17.1. The minimum Gasteiger partial charge on any atom is -0.490 e. The number of carbonyl (C=O) groups is 1. The number of sulfonamides is 1. The first-order chi connectivity index (χ1) is 26.9. The number of hydrogen-bond acceptors (Lipinski definition) is 12. The summed E-state index contributed by atoms with van der Waals surface area (Å²) in [6.45, 7) is -0.675. The van der Waals surface area contributed by atoms with Gasteiger partial charge in [-0.1, -0.05) is 42.6 Å². The molecule has 1 aromatic heterocycles. The third-order valence-electron chi connectivity index (χ3n) is 10.5. The molecule has 0 radical (unpaired) electrons. The number of pyridine rings is 1. The smallest absolute Gasteiger partial charge is 0.243 e. The lowest BCUT2D eigenvalue weighted by molar-refractivity contribution is -0.127. The highest BCUT2D eigenvalue weighted by Crippen LogP contribution is 2.53. The van der Waals surface area contributed by atoms with Crippen molar-refractivity contribution in [2.24, 2.45) is 5.92 Å². The van der Waals surface area contributed by atoms with E-state index in [4.69, 9.17) is 30.9 Å². The van der Waals surface area contributed by atoms with Crippen molar-refractivity contribution in [1.82, 2.24) is 9.29 Å². The molecular formula is C41H55ClN2O11S. The first kappa shape index (κ1) is 44.1. The van der Waals surface area contributed by atoms with Crippen LogP contribution in [0.25, 0.3) is 11.1 Å². The number of carbonyl (C=O) groups excluding carboxylic acids is 1. The minimum absolute atomic E-state index is 0.0940. The van der Waals surface area contributed by atoms with Gasteiger partial charge in [-0.05, 0) is 80.0 Å².